The Morgan fingerprint density at radius 3 is 2.31 bits per heavy atom. The third-order valence-electron chi connectivity index (χ3n) is 6.53. The van der Waals surface area contributed by atoms with Gasteiger partial charge in [0.15, 0.2) is 12.3 Å². The lowest BCUT2D eigenvalue weighted by molar-refractivity contribution is -0.194. The first kappa shape index (κ1) is 25.2. The molecule has 8 nitrogen and oxygen atoms in total. The molecular weight excluding hydrogens is 450 g/mol. The van der Waals surface area contributed by atoms with Crippen molar-refractivity contribution in [3.05, 3.63) is 59.7 Å². The second-order valence-corrected chi connectivity index (χ2v) is 9.05. The quantitative estimate of drug-likeness (QED) is 0.539. The Balaban J connectivity index is 1.30. The molecule has 188 valence electrons. The van der Waals surface area contributed by atoms with Gasteiger partial charge in [0.1, 0.15) is 6.61 Å². The number of hydrogen-bond donors (Lipinski definition) is 1. The van der Waals surface area contributed by atoms with Gasteiger partial charge in [0.2, 0.25) is 0 Å². The molecule has 2 aliphatic rings. The second-order valence-electron chi connectivity index (χ2n) is 9.05. The summed E-state index contributed by atoms with van der Waals surface area (Å²) in [6, 6.07) is 14.9. The van der Waals surface area contributed by atoms with E-state index in [2.05, 4.69) is 12.1 Å². The van der Waals surface area contributed by atoms with Gasteiger partial charge in [-0.3, -0.25) is 4.90 Å². The van der Waals surface area contributed by atoms with Crippen LogP contribution < -0.4 is 0 Å². The topological polar surface area (TPSA) is 94.5 Å². The molecule has 0 bridgehead atoms. The first-order valence-electron chi connectivity index (χ1n) is 12.1. The number of carbonyl (C=O) groups is 2. The summed E-state index contributed by atoms with van der Waals surface area (Å²) >= 11 is 0. The lowest BCUT2D eigenvalue weighted by Crippen LogP contribution is -2.46. The van der Waals surface area contributed by atoms with Gasteiger partial charge in [0.05, 0.1) is 19.3 Å². The van der Waals surface area contributed by atoms with Crippen LogP contribution in [0.2, 0.25) is 0 Å². The molecule has 1 aliphatic carbocycles. The molecular formula is C27H33NO7. The van der Waals surface area contributed by atoms with Gasteiger partial charge in [-0.2, -0.15) is 0 Å². The zero-order valence-corrected chi connectivity index (χ0v) is 20.2. The number of carboxylic acid groups (broad SMARTS) is 1. The van der Waals surface area contributed by atoms with E-state index in [1.807, 2.05) is 43.3 Å². The summed E-state index contributed by atoms with van der Waals surface area (Å²) in [7, 11) is 1.41. The first-order valence-corrected chi connectivity index (χ1v) is 12.1. The van der Waals surface area contributed by atoms with Crippen LogP contribution >= 0.6 is 0 Å². The monoisotopic (exact) mass is 483 g/mol. The minimum absolute atomic E-state index is 0.0979. The largest absolute Gasteiger partial charge is 0.480 e. The molecule has 1 N–H and O–H groups in total. The molecule has 0 spiro atoms. The average molecular weight is 484 g/mol. The molecule has 35 heavy (non-hydrogen) atoms. The van der Waals surface area contributed by atoms with Crippen molar-refractivity contribution in [2.24, 2.45) is 0 Å². The van der Waals surface area contributed by atoms with Crippen molar-refractivity contribution in [1.82, 2.24) is 4.90 Å². The van der Waals surface area contributed by atoms with E-state index in [-0.39, 0.29) is 38.1 Å². The molecule has 4 rings (SSSR count). The average Bonchev–Trinajstić information content (AvgIpc) is 3.19. The minimum Gasteiger partial charge on any atom is -0.480 e. The van der Waals surface area contributed by atoms with Crippen molar-refractivity contribution >= 4 is 12.1 Å². The molecule has 0 aromatic heterocycles. The highest BCUT2D eigenvalue weighted by Crippen LogP contribution is 2.44. The molecule has 0 unspecified atom stereocenters. The van der Waals surface area contributed by atoms with Crippen molar-refractivity contribution in [2.75, 3.05) is 33.5 Å². The Bertz CT molecular complexity index is 975. The predicted octanol–water partition coefficient (Wildman–Crippen LogP) is 4.27. The van der Waals surface area contributed by atoms with E-state index in [1.165, 1.54) is 7.05 Å². The number of ether oxygens (including phenoxy) is 4. The molecule has 0 radical (unpaired) electrons. The fourth-order valence-corrected chi connectivity index (χ4v) is 4.63. The third-order valence-corrected chi connectivity index (χ3v) is 6.53. The molecule has 2 aromatic carbocycles. The number of rotatable bonds is 10. The van der Waals surface area contributed by atoms with E-state index >= 15 is 0 Å². The van der Waals surface area contributed by atoms with E-state index in [1.54, 1.807) is 0 Å². The van der Waals surface area contributed by atoms with Gasteiger partial charge in [-0.1, -0.05) is 48.5 Å². The number of fused-ring (bicyclic) bond motifs is 3. The molecule has 1 heterocycles. The zero-order chi connectivity index (χ0) is 24.8. The van der Waals surface area contributed by atoms with Crippen LogP contribution in [0.4, 0.5) is 4.79 Å². The summed E-state index contributed by atoms with van der Waals surface area (Å²) in [5.41, 5.74) is 4.45. The van der Waals surface area contributed by atoms with E-state index in [4.69, 9.17) is 18.9 Å². The summed E-state index contributed by atoms with van der Waals surface area (Å²) < 4.78 is 22.5. The number of benzene rings is 2. The molecule has 2 aromatic rings. The maximum absolute atomic E-state index is 12.8. The van der Waals surface area contributed by atoms with E-state index in [0.29, 0.717) is 6.61 Å². The maximum Gasteiger partial charge on any atom is 0.410 e. The summed E-state index contributed by atoms with van der Waals surface area (Å²) in [5.74, 6) is -1.26. The molecule has 1 aliphatic heterocycles. The highest BCUT2D eigenvalue weighted by molar-refractivity contribution is 5.81. The van der Waals surface area contributed by atoms with Crippen LogP contribution in [0.25, 0.3) is 11.1 Å². The van der Waals surface area contributed by atoms with Crippen molar-refractivity contribution in [3.8, 4) is 11.1 Å². The zero-order valence-electron chi connectivity index (χ0n) is 20.2. The highest BCUT2D eigenvalue weighted by Gasteiger charge is 2.32. The summed E-state index contributed by atoms with van der Waals surface area (Å²) in [6.45, 7) is 2.68. The van der Waals surface area contributed by atoms with Gasteiger partial charge in [-0.05, 0) is 48.4 Å². The minimum atomic E-state index is -1.18. The Morgan fingerprint density at radius 1 is 1.06 bits per heavy atom. The summed E-state index contributed by atoms with van der Waals surface area (Å²) in [6.07, 6.45) is 1.72. The van der Waals surface area contributed by atoms with Gasteiger partial charge in [-0.25, -0.2) is 9.59 Å². The first-order chi connectivity index (χ1) is 17.0. The van der Waals surface area contributed by atoms with Gasteiger partial charge in [0.25, 0.3) is 0 Å². The van der Waals surface area contributed by atoms with E-state index < -0.39 is 18.1 Å². The lowest BCUT2D eigenvalue weighted by Gasteiger charge is -2.27. The number of hydrogen-bond acceptors (Lipinski definition) is 6. The van der Waals surface area contributed by atoms with Crippen LogP contribution in [0.3, 0.4) is 0 Å². The van der Waals surface area contributed by atoms with Crippen molar-refractivity contribution in [2.45, 2.75) is 50.5 Å². The number of carboxylic acids is 1. The number of nitrogens with zero attached hydrogens (tertiary/aromatic N) is 1. The van der Waals surface area contributed by atoms with Crippen molar-refractivity contribution < 1.29 is 33.6 Å². The molecule has 1 amide bonds. The SMILES string of the molecule is C[C@@H](COC[C@@H](C(=O)O)N(C)C(=O)OCC1c2ccccc2-c2ccccc21)O[C@H]1CCCCO1. The smallest absolute Gasteiger partial charge is 0.410 e. The Hall–Kier alpha value is -2.94. The van der Waals surface area contributed by atoms with Gasteiger partial charge < -0.3 is 24.1 Å². The number of likely N-dealkylation sites (N-methyl/N-ethyl adjacent to an activating group) is 1. The van der Waals surface area contributed by atoms with Gasteiger partial charge in [-0.15, -0.1) is 0 Å². The fraction of sp³-hybridized carbons (Fsp3) is 0.481. The van der Waals surface area contributed by atoms with Crippen molar-refractivity contribution in [1.29, 1.82) is 0 Å². The van der Waals surface area contributed by atoms with E-state index in [0.717, 1.165) is 46.4 Å². The fourth-order valence-electron chi connectivity index (χ4n) is 4.63. The van der Waals surface area contributed by atoms with Crippen LogP contribution in [0.5, 0.6) is 0 Å². The molecule has 0 saturated carbocycles. The maximum atomic E-state index is 12.8. The van der Waals surface area contributed by atoms with Crippen LogP contribution in [-0.4, -0.2) is 74.0 Å². The molecule has 1 fully saturated rings. The van der Waals surface area contributed by atoms with Crippen LogP contribution in [-0.2, 0) is 23.7 Å². The second kappa shape index (κ2) is 11.7. The molecule has 3 atom stereocenters. The van der Waals surface area contributed by atoms with Crippen molar-refractivity contribution in [3.63, 3.8) is 0 Å². The molecule has 1 saturated heterocycles. The number of aliphatic carboxylic acids is 1. The Morgan fingerprint density at radius 2 is 1.71 bits per heavy atom. The molecule has 8 heteroatoms. The third kappa shape index (κ3) is 6.01. The Kier molecular flexibility index (Phi) is 8.38. The van der Waals surface area contributed by atoms with Crippen LogP contribution in [0, 0.1) is 0 Å². The summed E-state index contributed by atoms with van der Waals surface area (Å²) in [4.78, 5) is 25.7. The van der Waals surface area contributed by atoms with Gasteiger partial charge >= 0.3 is 12.1 Å². The Labute approximate surface area is 205 Å². The van der Waals surface area contributed by atoms with E-state index in [9.17, 15) is 14.7 Å². The number of carbonyl (C=O) groups excluding carboxylic acids is 1. The number of amides is 1. The highest BCUT2D eigenvalue weighted by atomic mass is 16.7. The van der Waals surface area contributed by atoms with Gasteiger partial charge in [0, 0.05) is 19.6 Å². The van der Waals surface area contributed by atoms with Crippen LogP contribution in [0.15, 0.2) is 48.5 Å². The van der Waals surface area contributed by atoms with Crippen LogP contribution in [0.1, 0.15) is 43.2 Å². The lowest BCUT2D eigenvalue weighted by atomic mass is 9.98. The predicted molar refractivity (Wildman–Crippen MR) is 129 cm³/mol. The standard InChI is InChI=1S/C27H33NO7/c1-18(35-25-13-7-8-14-33-25)15-32-17-24(26(29)30)28(2)27(31)34-16-23-21-11-5-3-9-19(21)20-10-4-6-12-22(20)23/h3-6,9-12,18,23-25H,7-8,13-17H2,1-2H3,(H,29,30)/t18-,24-,25-/m0/s1. The summed E-state index contributed by atoms with van der Waals surface area (Å²) in [5, 5.41) is 9.68. The normalized spacial score (nSPS) is 18.9.